The van der Waals surface area contributed by atoms with Crippen molar-refractivity contribution in [2.45, 2.75) is 0 Å². The van der Waals surface area contributed by atoms with Crippen LogP contribution in [0.15, 0.2) is 0 Å². The highest BCUT2D eigenvalue weighted by atomic mass is 32.2. The van der Waals surface area contributed by atoms with E-state index < -0.39 is 0 Å². The van der Waals surface area contributed by atoms with Gasteiger partial charge in [-0.05, 0) is 0 Å². The van der Waals surface area contributed by atoms with Crippen LogP contribution in [0.2, 0.25) is 0 Å². The van der Waals surface area contributed by atoms with Gasteiger partial charge >= 0.3 is 0 Å². The Morgan fingerprint density at radius 2 is 1.86 bits per heavy atom. The van der Waals surface area contributed by atoms with Gasteiger partial charge in [0.1, 0.15) is 13.2 Å². The second-order valence-electron chi connectivity index (χ2n) is 1.56. The minimum atomic E-state index is 0.977. The molecule has 1 nitrogen and oxygen atoms in total. The summed E-state index contributed by atoms with van der Waals surface area (Å²) in [6.07, 6.45) is 0. The van der Waals surface area contributed by atoms with E-state index >= 15 is 0 Å². The van der Waals surface area contributed by atoms with Gasteiger partial charge in [0.15, 0.2) is 0 Å². The standard InChI is InChI=1S/C4H8BOS/c5-6-1-3-7-4-2-6/h1-4H2. The summed E-state index contributed by atoms with van der Waals surface area (Å²) in [5, 5.41) is 0. The summed E-state index contributed by atoms with van der Waals surface area (Å²) in [5.74, 6) is 2.34. The number of thioether (sulfide) groups is 1. The van der Waals surface area contributed by atoms with Crippen LogP contribution in [0.3, 0.4) is 0 Å². The fourth-order valence-electron chi connectivity index (χ4n) is 0.536. The first-order chi connectivity index (χ1) is 3.39. The van der Waals surface area contributed by atoms with Gasteiger partial charge in [-0.25, -0.2) is 0 Å². The molecule has 0 amide bonds. The van der Waals surface area contributed by atoms with E-state index in [1.807, 2.05) is 11.8 Å². The van der Waals surface area contributed by atoms with Crippen molar-refractivity contribution in [3.8, 4) is 0 Å². The molecule has 0 aromatic heterocycles. The first-order valence-corrected chi connectivity index (χ1v) is 3.55. The highest BCUT2D eigenvalue weighted by Gasteiger charge is 2.00. The lowest BCUT2D eigenvalue weighted by molar-refractivity contribution is 0.0421. The fourth-order valence-corrected chi connectivity index (χ4v) is 1.40. The summed E-state index contributed by atoms with van der Waals surface area (Å²) < 4.78 is 2.55. The maximum Gasteiger partial charge on any atom is 0.101 e. The molecule has 1 heterocycles. The van der Waals surface area contributed by atoms with Crippen LogP contribution in [0, 0.1) is 0 Å². The Kier molecular flexibility index (Phi) is 2.07. The molecule has 0 unspecified atom stereocenters. The van der Waals surface area contributed by atoms with Crippen LogP contribution in [0.25, 0.3) is 0 Å². The molecule has 0 aromatic carbocycles. The topological polar surface area (TPSA) is 2.70 Å². The number of hydrogen-bond donors (Lipinski definition) is 0. The predicted octanol–water partition coefficient (Wildman–Crippen LogP) is 0.369. The number of hydrogen-bond acceptors (Lipinski definition) is 1. The zero-order valence-electron chi connectivity index (χ0n) is 4.22. The third-order valence-electron chi connectivity index (χ3n) is 0.980. The quantitative estimate of drug-likeness (QED) is 0.325. The average molecular weight is 115 g/mol. The number of rotatable bonds is 0. The van der Waals surface area contributed by atoms with E-state index in [2.05, 4.69) is 4.28 Å². The zero-order valence-corrected chi connectivity index (χ0v) is 5.04. The molecule has 1 saturated heterocycles. The SMILES string of the molecule is [B-][O+]1CCSCC1. The molecule has 0 aliphatic carbocycles. The van der Waals surface area contributed by atoms with Gasteiger partial charge < -0.3 is 4.28 Å². The van der Waals surface area contributed by atoms with Crippen molar-refractivity contribution >= 4 is 19.8 Å². The van der Waals surface area contributed by atoms with E-state index in [0.717, 1.165) is 13.2 Å². The van der Waals surface area contributed by atoms with Crippen LogP contribution in [-0.2, 0) is 4.28 Å². The molecular weight excluding hydrogens is 107 g/mol. The minimum absolute atomic E-state index is 0.977. The third-order valence-corrected chi connectivity index (χ3v) is 1.89. The van der Waals surface area contributed by atoms with Gasteiger partial charge in [-0.1, -0.05) is 8.05 Å². The van der Waals surface area contributed by atoms with Crippen molar-refractivity contribution < 1.29 is 4.28 Å². The molecule has 1 fully saturated rings. The van der Waals surface area contributed by atoms with E-state index in [4.69, 9.17) is 8.05 Å². The first kappa shape index (κ1) is 5.51. The van der Waals surface area contributed by atoms with E-state index in [0.29, 0.717) is 0 Å². The van der Waals surface area contributed by atoms with Gasteiger partial charge in [0, 0.05) is 0 Å². The van der Waals surface area contributed by atoms with Crippen molar-refractivity contribution in [1.82, 2.24) is 0 Å². The maximum absolute atomic E-state index is 5.37. The molecule has 0 N–H and O–H groups in total. The molecule has 0 aromatic rings. The summed E-state index contributed by atoms with van der Waals surface area (Å²) in [5.41, 5.74) is 0. The highest BCUT2D eigenvalue weighted by Crippen LogP contribution is 2.08. The lowest BCUT2D eigenvalue weighted by atomic mass is 10.5. The van der Waals surface area contributed by atoms with Gasteiger partial charge in [-0.3, -0.25) is 0 Å². The van der Waals surface area contributed by atoms with Crippen molar-refractivity contribution in [3.05, 3.63) is 0 Å². The van der Waals surface area contributed by atoms with E-state index in [9.17, 15) is 0 Å². The van der Waals surface area contributed by atoms with E-state index in [1.54, 1.807) is 0 Å². The molecule has 1 rings (SSSR count). The zero-order chi connectivity index (χ0) is 5.11. The van der Waals surface area contributed by atoms with Crippen LogP contribution < -0.4 is 0 Å². The van der Waals surface area contributed by atoms with Crippen LogP contribution in [0.1, 0.15) is 0 Å². The molecular formula is C4H8BOS. The second-order valence-corrected chi connectivity index (χ2v) is 2.78. The lowest BCUT2D eigenvalue weighted by Gasteiger charge is -2.32. The molecule has 3 heteroatoms. The second kappa shape index (κ2) is 2.63. The Balaban J connectivity index is 2.12. The fraction of sp³-hybridized carbons (Fsp3) is 1.00. The van der Waals surface area contributed by atoms with Gasteiger partial charge in [-0.2, -0.15) is 0 Å². The summed E-state index contributed by atoms with van der Waals surface area (Å²) in [6.45, 7) is 1.95. The Morgan fingerprint density at radius 1 is 1.29 bits per heavy atom. The molecule has 0 atom stereocenters. The maximum atomic E-state index is 5.37. The van der Waals surface area contributed by atoms with Gasteiger partial charge in [0.05, 0.1) is 11.5 Å². The first-order valence-electron chi connectivity index (χ1n) is 2.39. The molecule has 1 aliphatic heterocycles. The Bertz CT molecular complexity index is 53.7. The van der Waals surface area contributed by atoms with Gasteiger partial charge in [-0.15, -0.1) is 11.8 Å². The monoisotopic (exact) mass is 115 g/mol. The average Bonchev–Trinajstić information content (AvgIpc) is 1.69. The highest BCUT2D eigenvalue weighted by molar-refractivity contribution is 7.99. The molecule has 0 spiro atoms. The summed E-state index contributed by atoms with van der Waals surface area (Å²) in [7, 11) is 5.37. The molecule has 0 bridgehead atoms. The molecule has 3 radical (unpaired) electrons. The third kappa shape index (κ3) is 1.74. The van der Waals surface area contributed by atoms with Crippen LogP contribution in [0.5, 0.6) is 0 Å². The van der Waals surface area contributed by atoms with Crippen LogP contribution in [0.4, 0.5) is 0 Å². The summed E-state index contributed by atoms with van der Waals surface area (Å²) in [6, 6.07) is 0. The molecule has 39 valence electrons. The van der Waals surface area contributed by atoms with Crippen LogP contribution >= 0.6 is 11.8 Å². The normalized spacial score (nSPS) is 25.3. The van der Waals surface area contributed by atoms with Crippen molar-refractivity contribution in [2.24, 2.45) is 0 Å². The van der Waals surface area contributed by atoms with Crippen molar-refractivity contribution in [1.29, 1.82) is 0 Å². The van der Waals surface area contributed by atoms with Crippen LogP contribution in [-0.4, -0.2) is 32.8 Å². The smallest absolute Gasteiger partial charge is 0.101 e. The Labute approximate surface area is 49.6 Å². The largest absolute Gasteiger partial charge is 0.733 e. The Morgan fingerprint density at radius 3 is 2.14 bits per heavy atom. The van der Waals surface area contributed by atoms with E-state index in [1.165, 1.54) is 11.5 Å². The molecule has 7 heavy (non-hydrogen) atoms. The molecule has 0 saturated carbocycles. The lowest BCUT2D eigenvalue weighted by Crippen LogP contribution is -2.21. The van der Waals surface area contributed by atoms with Gasteiger partial charge in [0.25, 0.3) is 0 Å². The molecule has 1 aliphatic rings. The van der Waals surface area contributed by atoms with Crippen molar-refractivity contribution in [2.75, 3.05) is 24.7 Å². The van der Waals surface area contributed by atoms with Crippen molar-refractivity contribution in [3.63, 3.8) is 0 Å². The minimum Gasteiger partial charge on any atom is -0.733 e. The van der Waals surface area contributed by atoms with Gasteiger partial charge in [0.2, 0.25) is 0 Å². The van der Waals surface area contributed by atoms with E-state index in [-0.39, 0.29) is 0 Å². The predicted molar refractivity (Wildman–Crippen MR) is 33.9 cm³/mol. The Hall–Kier alpha value is 0.375. The summed E-state index contributed by atoms with van der Waals surface area (Å²) >= 11 is 1.96. The summed E-state index contributed by atoms with van der Waals surface area (Å²) in [4.78, 5) is 0.